The fourth-order valence-electron chi connectivity index (χ4n) is 2.79. The molecule has 176 valence electrons. The molecule has 0 atom stereocenters. The van der Waals surface area contributed by atoms with Crippen LogP contribution in [0.15, 0.2) is 48.6 Å². The van der Waals surface area contributed by atoms with E-state index in [0.717, 1.165) is 24.0 Å². The van der Waals surface area contributed by atoms with Crippen molar-refractivity contribution >= 4 is 24.1 Å². The van der Waals surface area contributed by atoms with Gasteiger partial charge in [0.2, 0.25) is 0 Å². The van der Waals surface area contributed by atoms with Crippen LogP contribution in [0, 0.1) is 0 Å². The number of hydrogen-bond donors (Lipinski definition) is 0. The highest BCUT2D eigenvalue weighted by molar-refractivity contribution is 5.87. The van der Waals surface area contributed by atoms with E-state index in [2.05, 4.69) is 0 Å². The standard InChI is InChI=1S/C26H30O7/c1-5-7-15-31-25(27)14-11-20-9-12-21(23(17-20)29-3)32-18-26(28)33-22-13-10-19(8-6-2)16-24(22)30-4/h6,8-14,16-17H,5,7,15,18H2,1-4H3/b8-6+,14-11?. The third-order valence-corrected chi connectivity index (χ3v) is 4.46. The van der Waals surface area contributed by atoms with Gasteiger partial charge >= 0.3 is 11.9 Å². The molecule has 0 unspecified atom stereocenters. The molecular weight excluding hydrogens is 424 g/mol. The summed E-state index contributed by atoms with van der Waals surface area (Å²) in [5.74, 6) is 0.538. The van der Waals surface area contributed by atoms with Crippen molar-refractivity contribution in [2.24, 2.45) is 0 Å². The molecule has 0 amide bonds. The number of ether oxygens (including phenoxy) is 5. The maximum Gasteiger partial charge on any atom is 0.349 e. The van der Waals surface area contributed by atoms with E-state index in [0.29, 0.717) is 29.6 Å². The van der Waals surface area contributed by atoms with Crippen molar-refractivity contribution in [1.82, 2.24) is 0 Å². The molecule has 0 spiro atoms. The number of carbonyl (C=O) groups excluding carboxylic acids is 2. The van der Waals surface area contributed by atoms with Gasteiger partial charge in [0.25, 0.3) is 0 Å². The first kappa shape index (κ1) is 25.5. The minimum Gasteiger partial charge on any atom is -0.493 e. The minimum atomic E-state index is -0.590. The second-order valence-corrected chi connectivity index (χ2v) is 6.94. The Morgan fingerprint density at radius 3 is 2.15 bits per heavy atom. The molecule has 0 saturated heterocycles. The molecule has 0 heterocycles. The smallest absolute Gasteiger partial charge is 0.349 e. The van der Waals surface area contributed by atoms with Gasteiger partial charge in [0, 0.05) is 6.08 Å². The molecule has 7 nitrogen and oxygen atoms in total. The molecule has 7 heteroatoms. The lowest BCUT2D eigenvalue weighted by Crippen LogP contribution is -2.18. The molecule has 0 N–H and O–H groups in total. The molecule has 0 aromatic heterocycles. The van der Waals surface area contributed by atoms with Gasteiger partial charge in [-0.15, -0.1) is 0 Å². The Labute approximate surface area is 194 Å². The fraction of sp³-hybridized carbons (Fsp3) is 0.308. The molecule has 0 bridgehead atoms. The lowest BCUT2D eigenvalue weighted by Gasteiger charge is -2.12. The van der Waals surface area contributed by atoms with Gasteiger partial charge in [0.15, 0.2) is 29.6 Å². The maximum atomic E-state index is 12.3. The minimum absolute atomic E-state index is 0.303. The van der Waals surface area contributed by atoms with E-state index >= 15 is 0 Å². The van der Waals surface area contributed by atoms with Crippen molar-refractivity contribution in [1.29, 1.82) is 0 Å². The van der Waals surface area contributed by atoms with Gasteiger partial charge in [0.05, 0.1) is 20.8 Å². The summed E-state index contributed by atoms with van der Waals surface area (Å²) in [6.07, 6.45) is 8.59. The number of methoxy groups -OCH3 is 2. The van der Waals surface area contributed by atoms with E-state index in [1.807, 2.05) is 32.1 Å². The summed E-state index contributed by atoms with van der Waals surface area (Å²) >= 11 is 0. The number of carbonyl (C=O) groups is 2. The highest BCUT2D eigenvalue weighted by Crippen LogP contribution is 2.30. The largest absolute Gasteiger partial charge is 0.493 e. The van der Waals surface area contributed by atoms with Gasteiger partial charge in [-0.05, 0) is 54.8 Å². The van der Waals surface area contributed by atoms with Crippen LogP contribution in [0.25, 0.3) is 12.2 Å². The van der Waals surface area contributed by atoms with Crippen LogP contribution in [-0.2, 0) is 14.3 Å². The molecule has 0 aliphatic heterocycles. The fourth-order valence-corrected chi connectivity index (χ4v) is 2.79. The maximum absolute atomic E-state index is 12.3. The Balaban J connectivity index is 1.98. The average Bonchev–Trinajstić information content (AvgIpc) is 2.82. The summed E-state index contributed by atoms with van der Waals surface area (Å²) in [6.45, 7) is 4.02. The predicted molar refractivity (Wildman–Crippen MR) is 127 cm³/mol. The number of benzene rings is 2. The normalized spacial score (nSPS) is 10.9. The zero-order valence-corrected chi connectivity index (χ0v) is 19.5. The molecule has 0 radical (unpaired) electrons. The summed E-state index contributed by atoms with van der Waals surface area (Å²) in [6, 6.07) is 10.3. The van der Waals surface area contributed by atoms with Gasteiger partial charge < -0.3 is 23.7 Å². The zero-order chi connectivity index (χ0) is 24.1. The molecule has 2 aromatic carbocycles. The highest BCUT2D eigenvalue weighted by atomic mass is 16.6. The molecule has 0 aliphatic rings. The highest BCUT2D eigenvalue weighted by Gasteiger charge is 2.13. The van der Waals surface area contributed by atoms with Crippen molar-refractivity contribution in [2.75, 3.05) is 27.4 Å². The molecule has 2 aromatic rings. The van der Waals surface area contributed by atoms with Crippen LogP contribution in [0.3, 0.4) is 0 Å². The van der Waals surface area contributed by atoms with Crippen LogP contribution in [0.2, 0.25) is 0 Å². The van der Waals surface area contributed by atoms with E-state index < -0.39 is 11.9 Å². The van der Waals surface area contributed by atoms with Crippen LogP contribution in [-0.4, -0.2) is 39.4 Å². The van der Waals surface area contributed by atoms with Crippen LogP contribution < -0.4 is 18.9 Å². The molecule has 0 aliphatic carbocycles. The van der Waals surface area contributed by atoms with Crippen LogP contribution in [0.5, 0.6) is 23.0 Å². The summed E-state index contributed by atoms with van der Waals surface area (Å²) < 4.78 is 26.7. The molecule has 0 saturated carbocycles. The van der Waals surface area contributed by atoms with Crippen molar-refractivity contribution in [3.8, 4) is 23.0 Å². The van der Waals surface area contributed by atoms with Crippen molar-refractivity contribution in [2.45, 2.75) is 26.7 Å². The van der Waals surface area contributed by atoms with Crippen LogP contribution >= 0.6 is 0 Å². The van der Waals surface area contributed by atoms with Gasteiger partial charge in [-0.3, -0.25) is 0 Å². The first-order chi connectivity index (χ1) is 16.0. The summed E-state index contributed by atoms with van der Waals surface area (Å²) in [5.41, 5.74) is 1.65. The summed E-state index contributed by atoms with van der Waals surface area (Å²) in [4.78, 5) is 24.0. The number of unbranched alkanes of at least 4 members (excludes halogenated alkanes) is 1. The third-order valence-electron chi connectivity index (χ3n) is 4.46. The van der Waals surface area contributed by atoms with Gasteiger partial charge in [0.1, 0.15) is 0 Å². The van der Waals surface area contributed by atoms with Crippen LogP contribution in [0.4, 0.5) is 0 Å². The van der Waals surface area contributed by atoms with Crippen molar-refractivity contribution in [3.05, 3.63) is 59.7 Å². The van der Waals surface area contributed by atoms with E-state index in [1.165, 1.54) is 20.3 Å². The molecule has 0 fully saturated rings. The Bertz CT molecular complexity index is 992. The molecule has 2 rings (SSSR count). The number of allylic oxidation sites excluding steroid dienone is 1. The first-order valence-corrected chi connectivity index (χ1v) is 10.7. The Kier molecular flexibility index (Phi) is 10.5. The Hall–Kier alpha value is -3.74. The second kappa shape index (κ2) is 13.6. The van der Waals surface area contributed by atoms with E-state index in [-0.39, 0.29) is 6.61 Å². The Morgan fingerprint density at radius 1 is 0.879 bits per heavy atom. The Morgan fingerprint density at radius 2 is 1.52 bits per heavy atom. The van der Waals surface area contributed by atoms with E-state index in [4.69, 9.17) is 23.7 Å². The predicted octanol–water partition coefficient (Wildman–Crippen LogP) is 5.08. The number of hydrogen-bond acceptors (Lipinski definition) is 7. The molecule has 33 heavy (non-hydrogen) atoms. The van der Waals surface area contributed by atoms with E-state index in [1.54, 1.807) is 36.4 Å². The monoisotopic (exact) mass is 454 g/mol. The van der Waals surface area contributed by atoms with Crippen LogP contribution in [0.1, 0.15) is 37.8 Å². The van der Waals surface area contributed by atoms with E-state index in [9.17, 15) is 9.59 Å². The third kappa shape index (κ3) is 8.37. The number of rotatable bonds is 12. The summed E-state index contributed by atoms with van der Waals surface area (Å²) in [5, 5.41) is 0. The number of esters is 2. The van der Waals surface area contributed by atoms with Crippen molar-refractivity contribution in [3.63, 3.8) is 0 Å². The lowest BCUT2D eigenvalue weighted by molar-refractivity contribution is -0.138. The van der Waals surface area contributed by atoms with Crippen molar-refractivity contribution < 1.29 is 33.3 Å². The van der Waals surface area contributed by atoms with Gasteiger partial charge in [-0.25, -0.2) is 9.59 Å². The second-order valence-electron chi connectivity index (χ2n) is 6.94. The first-order valence-electron chi connectivity index (χ1n) is 10.7. The quantitative estimate of drug-likeness (QED) is 0.192. The van der Waals surface area contributed by atoms with Gasteiger partial charge in [-0.2, -0.15) is 0 Å². The topological polar surface area (TPSA) is 80.3 Å². The summed E-state index contributed by atoms with van der Waals surface area (Å²) in [7, 11) is 3.00. The van der Waals surface area contributed by atoms with Gasteiger partial charge in [-0.1, -0.05) is 37.6 Å². The zero-order valence-electron chi connectivity index (χ0n) is 19.5. The molecular formula is C26H30O7. The lowest BCUT2D eigenvalue weighted by atomic mass is 10.2. The average molecular weight is 455 g/mol. The SMILES string of the molecule is C/C=C/c1ccc(OC(=O)COc2ccc(C=CC(=O)OCCCC)cc2OC)c(OC)c1.